The van der Waals surface area contributed by atoms with E-state index in [1.807, 2.05) is 12.1 Å². The van der Waals surface area contributed by atoms with Gasteiger partial charge in [-0.3, -0.25) is 4.90 Å². The zero-order valence-electron chi connectivity index (χ0n) is 21.4. The molecule has 3 nitrogen and oxygen atoms in total. The maximum atomic E-state index is 11.1. The molecule has 0 amide bonds. The first-order valence-electron chi connectivity index (χ1n) is 13.5. The maximum Gasteiger partial charge on any atom is 0.0650 e. The molecule has 2 aliphatic heterocycles. The van der Waals surface area contributed by atoms with Crippen LogP contribution >= 0.6 is 34.5 Å². The minimum Gasteiger partial charge on any atom is -0.390 e. The summed E-state index contributed by atoms with van der Waals surface area (Å²) >= 11 is 14.4. The van der Waals surface area contributed by atoms with Crippen molar-refractivity contribution in [2.45, 2.75) is 76.9 Å². The number of hydrogen-bond acceptors (Lipinski definition) is 4. The first-order chi connectivity index (χ1) is 16.9. The quantitative estimate of drug-likeness (QED) is 0.318. The molecule has 2 atom stereocenters. The fourth-order valence-corrected chi connectivity index (χ4v) is 7.72. The van der Waals surface area contributed by atoms with Gasteiger partial charge in [-0.25, -0.2) is 0 Å². The van der Waals surface area contributed by atoms with Crippen molar-refractivity contribution in [1.29, 1.82) is 0 Å². The molecule has 0 unspecified atom stereocenters. The lowest BCUT2D eigenvalue weighted by molar-refractivity contribution is -0.0118. The van der Waals surface area contributed by atoms with Gasteiger partial charge in [0.2, 0.25) is 0 Å². The first kappa shape index (κ1) is 27.4. The lowest BCUT2D eigenvalue weighted by Gasteiger charge is -2.38. The van der Waals surface area contributed by atoms with Crippen LogP contribution in [0.3, 0.4) is 0 Å². The predicted molar refractivity (Wildman–Crippen MR) is 151 cm³/mol. The molecule has 1 aromatic carbocycles. The number of halogens is 2. The highest BCUT2D eigenvalue weighted by molar-refractivity contribution is 7.08. The highest BCUT2D eigenvalue weighted by Crippen LogP contribution is 2.37. The minimum atomic E-state index is -0.449. The van der Waals surface area contributed by atoms with Gasteiger partial charge in [-0.05, 0) is 97.1 Å². The second-order valence-electron chi connectivity index (χ2n) is 11.0. The zero-order valence-corrected chi connectivity index (χ0v) is 23.7. The molecule has 3 heterocycles. The summed E-state index contributed by atoms with van der Waals surface area (Å²) in [6, 6.07) is 8.18. The van der Waals surface area contributed by atoms with E-state index in [1.165, 1.54) is 18.4 Å². The van der Waals surface area contributed by atoms with Crippen LogP contribution in [0.5, 0.6) is 0 Å². The Hall–Kier alpha value is -0.620. The van der Waals surface area contributed by atoms with Crippen LogP contribution in [-0.2, 0) is 6.54 Å². The zero-order chi connectivity index (χ0) is 24.8. The number of piperidine rings is 1. The molecule has 2 fully saturated rings. The van der Waals surface area contributed by atoms with E-state index in [1.54, 1.807) is 11.3 Å². The Balaban J connectivity index is 1.35. The molecule has 1 aromatic heterocycles. The van der Waals surface area contributed by atoms with Gasteiger partial charge >= 0.3 is 0 Å². The van der Waals surface area contributed by atoms with Crippen molar-refractivity contribution in [2.75, 3.05) is 32.7 Å². The Labute approximate surface area is 226 Å². The van der Waals surface area contributed by atoms with Gasteiger partial charge in [-0.1, -0.05) is 56.0 Å². The van der Waals surface area contributed by atoms with E-state index in [9.17, 15) is 5.11 Å². The Morgan fingerprint density at radius 3 is 2.40 bits per heavy atom. The smallest absolute Gasteiger partial charge is 0.0650 e. The fraction of sp³-hybridized carbons (Fsp3) is 0.655. The van der Waals surface area contributed by atoms with Crippen LogP contribution in [0.15, 0.2) is 35.0 Å². The van der Waals surface area contributed by atoms with Gasteiger partial charge in [-0.2, -0.15) is 11.3 Å². The maximum absolute atomic E-state index is 11.1. The SMILES string of the molecule is CCCC(O)(CCC)CC1CCN(C[C@H]2CN(Cc3ccc(Cl)cc3Cl)C[C@@H]2c2ccsc2)CC1. The topological polar surface area (TPSA) is 26.7 Å². The third-order valence-electron chi connectivity index (χ3n) is 8.20. The predicted octanol–water partition coefficient (Wildman–Crippen LogP) is 7.70. The molecule has 6 heteroatoms. The summed E-state index contributed by atoms with van der Waals surface area (Å²) < 4.78 is 0. The number of nitrogens with zero attached hydrogens (tertiary/aromatic N) is 2. The van der Waals surface area contributed by atoms with Crippen molar-refractivity contribution in [3.8, 4) is 0 Å². The third kappa shape index (κ3) is 7.46. The molecular weight excluding hydrogens is 495 g/mol. The monoisotopic (exact) mass is 536 g/mol. The van der Waals surface area contributed by atoms with Crippen molar-refractivity contribution in [1.82, 2.24) is 9.80 Å². The Morgan fingerprint density at radius 2 is 1.77 bits per heavy atom. The Kier molecular flexibility index (Phi) is 9.99. The van der Waals surface area contributed by atoms with Crippen LogP contribution in [-0.4, -0.2) is 53.2 Å². The number of hydrogen-bond donors (Lipinski definition) is 1. The molecule has 4 rings (SSSR count). The summed E-state index contributed by atoms with van der Waals surface area (Å²) in [7, 11) is 0. The third-order valence-corrected chi connectivity index (χ3v) is 9.48. The fourth-order valence-electron chi connectivity index (χ4n) is 6.53. The van der Waals surface area contributed by atoms with Gasteiger partial charge in [0.1, 0.15) is 0 Å². The normalized spacial score (nSPS) is 22.8. The van der Waals surface area contributed by atoms with Crippen molar-refractivity contribution in [2.24, 2.45) is 11.8 Å². The number of benzene rings is 1. The summed E-state index contributed by atoms with van der Waals surface area (Å²) in [4.78, 5) is 5.27. The lowest BCUT2D eigenvalue weighted by Crippen LogP contribution is -2.41. The average molecular weight is 538 g/mol. The van der Waals surface area contributed by atoms with Crippen LogP contribution in [0.25, 0.3) is 0 Å². The highest BCUT2D eigenvalue weighted by Gasteiger charge is 2.37. The highest BCUT2D eigenvalue weighted by atomic mass is 35.5. The van der Waals surface area contributed by atoms with E-state index < -0.39 is 5.60 Å². The van der Waals surface area contributed by atoms with E-state index in [4.69, 9.17) is 23.2 Å². The van der Waals surface area contributed by atoms with E-state index in [-0.39, 0.29) is 0 Å². The molecule has 0 spiro atoms. The summed E-state index contributed by atoms with van der Waals surface area (Å²) in [5, 5.41) is 17.2. The van der Waals surface area contributed by atoms with E-state index in [0.717, 1.165) is 82.0 Å². The number of rotatable bonds is 11. The molecule has 2 aliphatic rings. The molecule has 0 aliphatic carbocycles. The van der Waals surface area contributed by atoms with Crippen LogP contribution in [0.4, 0.5) is 0 Å². The lowest BCUT2D eigenvalue weighted by atomic mass is 9.79. The molecule has 1 N–H and O–H groups in total. The summed E-state index contributed by atoms with van der Waals surface area (Å²) in [6.45, 7) is 10.9. The van der Waals surface area contributed by atoms with Crippen LogP contribution in [0.2, 0.25) is 10.0 Å². The van der Waals surface area contributed by atoms with Gasteiger partial charge in [0.15, 0.2) is 0 Å². The Morgan fingerprint density at radius 1 is 1.03 bits per heavy atom. The number of thiophene rings is 1. The molecule has 0 radical (unpaired) electrons. The average Bonchev–Trinajstić information content (AvgIpc) is 3.47. The van der Waals surface area contributed by atoms with Crippen molar-refractivity contribution in [3.63, 3.8) is 0 Å². The van der Waals surface area contributed by atoms with Gasteiger partial charge in [0, 0.05) is 42.1 Å². The molecule has 2 saturated heterocycles. The van der Waals surface area contributed by atoms with Gasteiger partial charge in [0.25, 0.3) is 0 Å². The first-order valence-corrected chi connectivity index (χ1v) is 15.2. The van der Waals surface area contributed by atoms with Crippen molar-refractivity contribution >= 4 is 34.5 Å². The molecule has 2 aromatic rings. The molecule has 0 bridgehead atoms. The number of likely N-dealkylation sites (tertiary alicyclic amines) is 2. The molecule has 194 valence electrons. The van der Waals surface area contributed by atoms with E-state index >= 15 is 0 Å². The van der Waals surface area contributed by atoms with Crippen molar-refractivity contribution < 1.29 is 5.11 Å². The van der Waals surface area contributed by atoms with E-state index in [2.05, 4.69) is 46.5 Å². The van der Waals surface area contributed by atoms with Crippen LogP contribution in [0, 0.1) is 11.8 Å². The second-order valence-corrected chi connectivity index (χ2v) is 12.6. The van der Waals surface area contributed by atoms with Gasteiger partial charge in [-0.15, -0.1) is 0 Å². The van der Waals surface area contributed by atoms with E-state index in [0.29, 0.717) is 22.8 Å². The summed E-state index contributed by atoms with van der Waals surface area (Å²) in [5.74, 6) is 1.86. The van der Waals surface area contributed by atoms with Crippen LogP contribution in [0.1, 0.15) is 75.8 Å². The number of aliphatic hydroxyl groups is 1. The molecule has 35 heavy (non-hydrogen) atoms. The summed E-state index contributed by atoms with van der Waals surface area (Å²) in [5.41, 5.74) is 2.20. The molecular formula is C29H42Cl2N2OS. The standard InChI is InChI=1S/C29H42Cl2N2OS/c1-3-10-29(34,11-4-2)16-22-7-12-32(13-8-22)18-25-19-33(20-27(25)24-9-14-35-21-24)17-23-5-6-26(30)15-28(23)31/h5-6,9,14-15,21-22,25,27,34H,3-4,7-8,10-13,16-20H2,1-2H3/t25-,27+/m0/s1. The Bertz CT molecular complexity index is 907. The second kappa shape index (κ2) is 12.8. The van der Waals surface area contributed by atoms with Crippen LogP contribution < -0.4 is 0 Å². The van der Waals surface area contributed by atoms with Gasteiger partial charge < -0.3 is 10.0 Å². The van der Waals surface area contributed by atoms with Crippen molar-refractivity contribution in [3.05, 3.63) is 56.2 Å². The largest absolute Gasteiger partial charge is 0.390 e. The molecule has 0 saturated carbocycles. The summed E-state index contributed by atoms with van der Waals surface area (Å²) in [6.07, 6.45) is 7.44. The van der Waals surface area contributed by atoms with Gasteiger partial charge in [0.05, 0.1) is 5.60 Å². The minimum absolute atomic E-state index is 0.449.